The average Bonchev–Trinajstić information content (AvgIpc) is 3.13. The molecule has 0 unspecified atom stereocenters. The molecule has 1 aromatic carbocycles. The Bertz CT molecular complexity index is 897. The average molecular weight is 448 g/mol. The highest BCUT2D eigenvalue weighted by Crippen LogP contribution is 2.28. The molecule has 0 radical (unpaired) electrons. The molecule has 1 saturated heterocycles. The van der Waals surface area contributed by atoms with Crippen LogP contribution in [0.25, 0.3) is 11.1 Å². The molecule has 1 aromatic heterocycles. The zero-order valence-electron chi connectivity index (χ0n) is 20.1. The number of aromatic nitrogens is 1. The summed E-state index contributed by atoms with van der Waals surface area (Å²) >= 11 is 0. The fourth-order valence-corrected chi connectivity index (χ4v) is 4.08. The van der Waals surface area contributed by atoms with E-state index in [4.69, 9.17) is 13.9 Å². The molecule has 3 rings (SSSR count). The predicted molar refractivity (Wildman–Crippen MR) is 125 cm³/mol. The number of oxazole rings is 1. The zero-order chi connectivity index (χ0) is 23.5. The standard InChI is InChI=1S/C24H37N3O5/c1-16(2)14-30-19-7-8-20-21(13-19)32-22(25-20)26-11-9-18(10-12-26)31-15-17(3)27(23(28)29)24(4,5)6/h7-8,13,16-18H,9-12,14-15H2,1-6H3,(H,28,29)/t17-/m0/s1. The van der Waals surface area contributed by atoms with E-state index in [9.17, 15) is 9.90 Å². The number of piperidine rings is 1. The van der Waals surface area contributed by atoms with E-state index in [0.29, 0.717) is 25.1 Å². The minimum atomic E-state index is -0.919. The number of amides is 1. The van der Waals surface area contributed by atoms with Crippen molar-refractivity contribution in [3.63, 3.8) is 0 Å². The molecule has 8 nitrogen and oxygen atoms in total. The predicted octanol–water partition coefficient (Wildman–Crippen LogP) is 5.02. The molecule has 2 heterocycles. The maximum atomic E-state index is 11.6. The summed E-state index contributed by atoms with van der Waals surface area (Å²) in [6.45, 7) is 14.4. The van der Waals surface area contributed by atoms with E-state index in [0.717, 1.165) is 42.8 Å². The number of hydrogen-bond donors (Lipinski definition) is 1. The van der Waals surface area contributed by atoms with Gasteiger partial charge in [0.1, 0.15) is 11.3 Å². The van der Waals surface area contributed by atoms with Gasteiger partial charge in [-0.2, -0.15) is 4.98 Å². The van der Waals surface area contributed by atoms with Gasteiger partial charge in [0.05, 0.1) is 25.4 Å². The number of ether oxygens (including phenoxy) is 2. The summed E-state index contributed by atoms with van der Waals surface area (Å²) in [6.07, 6.45) is 0.870. The second-order valence-corrected chi connectivity index (χ2v) is 10.0. The molecular weight excluding hydrogens is 410 g/mol. The van der Waals surface area contributed by atoms with Crippen LogP contribution in [0.5, 0.6) is 5.75 Å². The van der Waals surface area contributed by atoms with Crippen molar-refractivity contribution in [1.82, 2.24) is 9.88 Å². The van der Waals surface area contributed by atoms with E-state index in [1.807, 2.05) is 45.9 Å². The van der Waals surface area contributed by atoms with E-state index in [1.165, 1.54) is 4.90 Å². The van der Waals surface area contributed by atoms with Gasteiger partial charge in [-0.3, -0.25) is 4.90 Å². The molecular formula is C24H37N3O5. The third-order valence-electron chi connectivity index (χ3n) is 5.59. The van der Waals surface area contributed by atoms with Crippen molar-refractivity contribution in [2.45, 2.75) is 72.1 Å². The first-order valence-electron chi connectivity index (χ1n) is 11.5. The maximum Gasteiger partial charge on any atom is 0.408 e. The van der Waals surface area contributed by atoms with Crippen LogP contribution in [-0.2, 0) is 4.74 Å². The summed E-state index contributed by atoms with van der Waals surface area (Å²) < 4.78 is 17.9. The van der Waals surface area contributed by atoms with Crippen LogP contribution in [0.4, 0.5) is 10.8 Å². The molecule has 8 heteroatoms. The minimum absolute atomic E-state index is 0.102. The van der Waals surface area contributed by atoms with Crippen LogP contribution in [0.1, 0.15) is 54.4 Å². The van der Waals surface area contributed by atoms with Gasteiger partial charge in [-0.25, -0.2) is 4.79 Å². The second-order valence-electron chi connectivity index (χ2n) is 10.0. The lowest BCUT2D eigenvalue weighted by Crippen LogP contribution is -2.52. The molecule has 0 saturated carbocycles. The van der Waals surface area contributed by atoms with Crippen molar-refractivity contribution in [1.29, 1.82) is 0 Å². The van der Waals surface area contributed by atoms with Gasteiger partial charge in [-0.1, -0.05) is 13.8 Å². The highest BCUT2D eigenvalue weighted by atomic mass is 16.5. The molecule has 0 bridgehead atoms. The largest absolute Gasteiger partial charge is 0.493 e. The first-order valence-corrected chi connectivity index (χ1v) is 11.5. The minimum Gasteiger partial charge on any atom is -0.493 e. The van der Waals surface area contributed by atoms with Crippen molar-refractivity contribution in [2.75, 3.05) is 31.2 Å². The van der Waals surface area contributed by atoms with Gasteiger partial charge >= 0.3 is 6.09 Å². The number of carbonyl (C=O) groups is 1. The van der Waals surface area contributed by atoms with Crippen LogP contribution < -0.4 is 9.64 Å². The fraction of sp³-hybridized carbons (Fsp3) is 0.667. The molecule has 2 aromatic rings. The fourth-order valence-electron chi connectivity index (χ4n) is 4.08. The summed E-state index contributed by atoms with van der Waals surface area (Å²) in [7, 11) is 0. The molecule has 178 valence electrons. The Hall–Kier alpha value is -2.48. The van der Waals surface area contributed by atoms with Crippen LogP contribution in [-0.4, -0.2) is 65.1 Å². The Labute approximate surface area is 190 Å². The molecule has 32 heavy (non-hydrogen) atoms. The summed E-state index contributed by atoms with van der Waals surface area (Å²) in [5.74, 6) is 1.25. The SMILES string of the molecule is CC(C)COc1ccc2nc(N3CCC(OC[C@H](C)N(C(=O)O)C(C)(C)C)CC3)oc2c1. The number of fused-ring (bicyclic) bond motifs is 1. The van der Waals surface area contributed by atoms with E-state index >= 15 is 0 Å². The van der Waals surface area contributed by atoms with Crippen molar-refractivity contribution in [2.24, 2.45) is 5.92 Å². The molecule has 1 fully saturated rings. The highest BCUT2D eigenvalue weighted by Gasteiger charge is 2.32. The molecule has 1 atom stereocenters. The van der Waals surface area contributed by atoms with Gasteiger partial charge in [0, 0.05) is 24.7 Å². The van der Waals surface area contributed by atoms with E-state index < -0.39 is 11.6 Å². The summed E-state index contributed by atoms with van der Waals surface area (Å²) in [6, 6.07) is 6.16. The van der Waals surface area contributed by atoms with Gasteiger partial charge in [-0.15, -0.1) is 0 Å². The van der Waals surface area contributed by atoms with Gasteiger partial charge in [-0.05, 0) is 58.6 Å². The van der Waals surface area contributed by atoms with Crippen LogP contribution in [0.2, 0.25) is 0 Å². The van der Waals surface area contributed by atoms with Crippen LogP contribution in [0, 0.1) is 5.92 Å². The van der Waals surface area contributed by atoms with Gasteiger partial charge in [0.2, 0.25) is 0 Å². The van der Waals surface area contributed by atoms with Gasteiger partial charge in [0.15, 0.2) is 5.58 Å². The van der Waals surface area contributed by atoms with Crippen molar-refractivity contribution in [3.05, 3.63) is 18.2 Å². The van der Waals surface area contributed by atoms with Crippen LogP contribution >= 0.6 is 0 Å². The Kier molecular flexibility index (Phi) is 7.54. The second kappa shape index (κ2) is 9.98. The van der Waals surface area contributed by atoms with Crippen molar-refractivity contribution in [3.8, 4) is 5.75 Å². The van der Waals surface area contributed by atoms with Gasteiger partial charge in [0.25, 0.3) is 6.01 Å². The van der Waals surface area contributed by atoms with Crippen molar-refractivity contribution >= 4 is 23.2 Å². The normalized spacial score (nSPS) is 16.5. The third-order valence-corrected chi connectivity index (χ3v) is 5.59. The first-order chi connectivity index (χ1) is 15.0. The number of hydrogen-bond acceptors (Lipinski definition) is 6. The summed E-state index contributed by atoms with van der Waals surface area (Å²) in [5.41, 5.74) is 1.08. The topological polar surface area (TPSA) is 88.3 Å². The number of nitrogens with zero attached hydrogens (tertiary/aromatic N) is 3. The van der Waals surface area contributed by atoms with E-state index in [-0.39, 0.29) is 12.1 Å². The van der Waals surface area contributed by atoms with Crippen LogP contribution in [0.15, 0.2) is 22.6 Å². The lowest BCUT2D eigenvalue weighted by atomic mass is 10.0. The monoisotopic (exact) mass is 447 g/mol. The maximum absolute atomic E-state index is 11.6. The smallest absolute Gasteiger partial charge is 0.408 e. The summed E-state index contributed by atoms with van der Waals surface area (Å²) in [5, 5.41) is 9.55. The molecule has 1 N–H and O–H groups in total. The Balaban J connectivity index is 1.53. The van der Waals surface area contributed by atoms with E-state index in [1.54, 1.807) is 0 Å². The van der Waals surface area contributed by atoms with E-state index in [2.05, 4.69) is 23.7 Å². The lowest BCUT2D eigenvalue weighted by molar-refractivity contribution is -0.0142. The molecule has 0 aliphatic carbocycles. The molecule has 1 amide bonds. The highest BCUT2D eigenvalue weighted by molar-refractivity contribution is 5.76. The summed E-state index contributed by atoms with van der Waals surface area (Å²) in [4.78, 5) is 19.9. The van der Waals surface area contributed by atoms with Crippen LogP contribution in [0.3, 0.4) is 0 Å². The number of carboxylic acid groups (broad SMARTS) is 1. The zero-order valence-corrected chi connectivity index (χ0v) is 20.1. The molecule has 1 aliphatic heterocycles. The Morgan fingerprint density at radius 3 is 2.53 bits per heavy atom. The number of anilines is 1. The van der Waals surface area contributed by atoms with Gasteiger partial charge < -0.3 is 23.9 Å². The number of benzene rings is 1. The Morgan fingerprint density at radius 1 is 1.25 bits per heavy atom. The first kappa shape index (κ1) is 24.2. The third kappa shape index (κ3) is 6.06. The Morgan fingerprint density at radius 2 is 1.94 bits per heavy atom. The quantitative estimate of drug-likeness (QED) is 0.608. The molecule has 1 aliphatic rings. The lowest BCUT2D eigenvalue weighted by Gasteiger charge is -2.39. The molecule has 0 spiro atoms. The number of rotatable bonds is 8. The van der Waals surface area contributed by atoms with Crippen molar-refractivity contribution < 1.29 is 23.8 Å².